The van der Waals surface area contributed by atoms with E-state index in [4.69, 9.17) is 5.14 Å². The molecule has 2 rings (SSSR count). The number of sulfone groups is 1. The van der Waals surface area contributed by atoms with E-state index in [2.05, 4.69) is 19.2 Å². The van der Waals surface area contributed by atoms with Gasteiger partial charge in [0.25, 0.3) is 0 Å². The van der Waals surface area contributed by atoms with Gasteiger partial charge in [-0.25, -0.2) is 22.0 Å². The monoisotopic (exact) mass is 374 g/mol. The SMILES string of the molecule is CC(C)CNC1CCS(=O)(=O)c2sc(S(N)(=O)=O)cc21.Cl. The Morgan fingerprint density at radius 2 is 2.10 bits per heavy atom. The molecule has 1 aliphatic rings. The molecule has 0 radical (unpaired) electrons. The Labute approximate surface area is 135 Å². The lowest BCUT2D eigenvalue weighted by molar-refractivity contribution is 0.453. The summed E-state index contributed by atoms with van der Waals surface area (Å²) in [6.07, 6.45) is 0.447. The maximum atomic E-state index is 12.0. The van der Waals surface area contributed by atoms with Crippen molar-refractivity contribution in [2.24, 2.45) is 11.1 Å². The van der Waals surface area contributed by atoms with Crippen molar-refractivity contribution >= 4 is 43.6 Å². The summed E-state index contributed by atoms with van der Waals surface area (Å²) in [4.78, 5) is 0. The van der Waals surface area contributed by atoms with Crippen LogP contribution in [0.5, 0.6) is 0 Å². The Hall–Kier alpha value is -0.190. The number of primary sulfonamides is 1. The lowest BCUT2D eigenvalue weighted by Crippen LogP contribution is -2.30. The van der Waals surface area contributed by atoms with Crippen LogP contribution in [-0.4, -0.2) is 29.1 Å². The van der Waals surface area contributed by atoms with Crippen molar-refractivity contribution in [1.29, 1.82) is 0 Å². The molecule has 0 saturated heterocycles. The second-order valence-electron chi connectivity index (χ2n) is 5.32. The van der Waals surface area contributed by atoms with Crippen molar-refractivity contribution in [2.75, 3.05) is 12.3 Å². The van der Waals surface area contributed by atoms with E-state index in [-0.39, 0.29) is 32.6 Å². The highest BCUT2D eigenvalue weighted by molar-refractivity contribution is 7.95. The van der Waals surface area contributed by atoms with Crippen molar-refractivity contribution in [2.45, 2.75) is 34.7 Å². The van der Waals surface area contributed by atoms with Crippen LogP contribution < -0.4 is 10.5 Å². The molecule has 1 aliphatic heterocycles. The molecule has 0 aromatic carbocycles. The number of sulfonamides is 1. The van der Waals surface area contributed by atoms with Crippen LogP contribution in [0.25, 0.3) is 0 Å². The summed E-state index contributed by atoms with van der Waals surface area (Å²) in [5, 5.41) is 8.38. The molecule has 1 aromatic rings. The molecule has 0 fully saturated rings. The predicted octanol–water partition coefficient (Wildman–Crippen LogP) is 1.28. The maximum Gasteiger partial charge on any atom is 0.247 e. The van der Waals surface area contributed by atoms with Gasteiger partial charge in [0, 0.05) is 11.6 Å². The van der Waals surface area contributed by atoms with Gasteiger partial charge >= 0.3 is 0 Å². The summed E-state index contributed by atoms with van der Waals surface area (Å²) >= 11 is 0.746. The first kappa shape index (κ1) is 18.9. The highest BCUT2D eigenvalue weighted by atomic mass is 35.5. The number of hydrogen-bond acceptors (Lipinski definition) is 6. The number of nitrogens with one attached hydrogen (secondary N) is 1. The molecule has 3 N–H and O–H groups in total. The Balaban J connectivity index is 0.00000220. The molecule has 10 heteroatoms. The maximum absolute atomic E-state index is 12.0. The van der Waals surface area contributed by atoms with E-state index in [1.54, 1.807) is 0 Å². The van der Waals surface area contributed by atoms with Gasteiger partial charge in [0.2, 0.25) is 10.0 Å². The average Bonchev–Trinajstić information content (AvgIpc) is 2.73. The molecule has 0 spiro atoms. The first-order valence-corrected chi connectivity index (χ1v) is 10.3. The molecule has 0 bridgehead atoms. The summed E-state index contributed by atoms with van der Waals surface area (Å²) in [5.74, 6) is 0.452. The first-order valence-electron chi connectivity index (χ1n) is 6.24. The van der Waals surface area contributed by atoms with E-state index in [0.717, 1.165) is 17.9 Å². The molecule has 21 heavy (non-hydrogen) atoms. The van der Waals surface area contributed by atoms with Gasteiger partial charge < -0.3 is 5.32 Å². The van der Waals surface area contributed by atoms with Crippen LogP contribution in [0, 0.1) is 5.92 Å². The Morgan fingerprint density at radius 1 is 1.48 bits per heavy atom. The molecule has 1 aromatic heterocycles. The topological polar surface area (TPSA) is 106 Å². The van der Waals surface area contributed by atoms with Crippen molar-refractivity contribution in [3.8, 4) is 0 Å². The fourth-order valence-electron chi connectivity index (χ4n) is 2.10. The van der Waals surface area contributed by atoms with Crippen molar-refractivity contribution in [3.05, 3.63) is 11.6 Å². The largest absolute Gasteiger partial charge is 0.310 e. The number of halogens is 1. The minimum absolute atomic E-state index is 0. The van der Waals surface area contributed by atoms with E-state index in [0.29, 0.717) is 17.9 Å². The van der Waals surface area contributed by atoms with E-state index in [1.165, 1.54) is 6.07 Å². The molecule has 6 nitrogen and oxygen atoms in total. The first-order chi connectivity index (χ1) is 9.11. The van der Waals surface area contributed by atoms with Crippen LogP contribution in [0.15, 0.2) is 14.5 Å². The summed E-state index contributed by atoms with van der Waals surface area (Å²) in [6, 6.07) is 1.26. The zero-order chi connectivity index (χ0) is 15.1. The molecule has 1 unspecified atom stereocenters. The highest BCUT2D eigenvalue weighted by Crippen LogP contribution is 2.39. The number of hydrogen-bond donors (Lipinski definition) is 2. The number of fused-ring (bicyclic) bond motifs is 1. The van der Waals surface area contributed by atoms with Crippen LogP contribution in [0.4, 0.5) is 0 Å². The minimum Gasteiger partial charge on any atom is -0.310 e. The van der Waals surface area contributed by atoms with Gasteiger partial charge in [-0.05, 0) is 24.9 Å². The Morgan fingerprint density at radius 3 is 2.62 bits per heavy atom. The van der Waals surface area contributed by atoms with E-state index in [1.807, 2.05) is 0 Å². The fraction of sp³-hybridized carbons (Fsp3) is 0.636. The average molecular weight is 375 g/mol. The second-order valence-corrected chi connectivity index (χ2v) is 10.5. The van der Waals surface area contributed by atoms with Gasteiger partial charge in [-0.1, -0.05) is 13.8 Å². The van der Waals surface area contributed by atoms with Crippen LogP contribution in [-0.2, 0) is 19.9 Å². The molecule has 122 valence electrons. The number of thiophene rings is 1. The van der Waals surface area contributed by atoms with E-state index in [9.17, 15) is 16.8 Å². The molecule has 0 saturated carbocycles. The normalized spacial score (nSPS) is 20.9. The van der Waals surface area contributed by atoms with Gasteiger partial charge in [-0.3, -0.25) is 0 Å². The van der Waals surface area contributed by atoms with Gasteiger partial charge in [-0.15, -0.1) is 23.7 Å². The molecule has 0 amide bonds. The quantitative estimate of drug-likeness (QED) is 0.825. The standard InChI is InChI=1S/C11H18N2O4S3.ClH/c1-7(2)6-13-9-3-4-19(14,15)11-8(9)5-10(18-11)20(12,16)17;/h5,7,9,13H,3-4,6H2,1-2H3,(H2,12,16,17);1H. The zero-order valence-electron chi connectivity index (χ0n) is 11.7. The van der Waals surface area contributed by atoms with Gasteiger partial charge in [0.15, 0.2) is 9.84 Å². The molecule has 2 heterocycles. The minimum atomic E-state index is -3.88. The van der Waals surface area contributed by atoms with Gasteiger partial charge in [0.1, 0.15) is 8.42 Å². The van der Waals surface area contributed by atoms with Crippen molar-refractivity contribution in [3.63, 3.8) is 0 Å². The summed E-state index contributed by atoms with van der Waals surface area (Å²) < 4.78 is 46.9. The lowest BCUT2D eigenvalue weighted by Gasteiger charge is -2.24. The van der Waals surface area contributed by atoms with Crippen molar-refractivity contribution in [1.82, 2.24) is 5.32 Å². The zero-order valence-corrected chi connectivity index (χ0v) is 15.0. The third-order valence-electron chi connectivity index (χ3n) is 3.09. The van der Waals surface area contributed by atoms with Gasteiger partial charge in [0.05, 0.1) is 5.75 Å². The highest BCUT2D eigenvalue weighted by Gasteiger charge is 2.34. The predicted molar refractivity (Wildman–Crippen MR) is 85.2 cm³/mol. The van der Waals surface area contributed by atoms with E-state index >= 15 is 0 Å². The van der Waals surface area contributed by atoms with Crippen molar-refractivity contribution < 1.29 is 16.8 Å². The third-order valence-corrected chi connectivity index (χ3v) is 8.04. The lowest BCUT2D eigenvalue weighted by atomic mass is 10.1. The molecule has 0 aliphatic carbocycles. The van der Waals surface area contributed by atoms with Crippen LogP contribution in [0.2, 0.25) is 0 Å². The van der Waals surface area contributed by atoms with Crippen LogP contribution in [0.1, 0.15) is 31.9 Å². The van der Waals surface area contributed by atoms with E-state index < -0.39 is 19.9 Å². The Bertz CT molecular complexity index is 710. The molecular formula is C11H19ClN2O4S3. The number of rotatable bonds is 4. The Kier molecular flexibility index (Phi) is 5.85. The smallest absolute Gasteiger partial charge is 0.247 e. The van der Waals surface area contributed by atoms with Crippen LogP contribution >= 0.6 is 23.7 Å². The summed E-state index contributed by atoms with van der Waals surface area (Å²) in [6.45, 7) is 4.85. The third kappa shape index (κ3) is 4.17. The molecular weight excluding hydrogens is 356 g/mol. The molecule has 1 atom stereocenters. The van der Waals surface area contributed by atoms with Crippen LogP contribution in [0.3, 0.4) is 0 Å². The second kappa shape index (κ2) is 6.51. The summed E-state index contributed by atoms with van der Waals surface area (Å²) in [5.41, 5.74) is 0.533. The van der Waals surface area contributed by atoms with Gasteiger partial charge in [-0.2, -0.15) is 0 Å². The number of nitrogens with two attached hydrogens (primary N) is 1. The summed E-state index contributed by atoms with van der Waals surface area (Å²) in [7, 11) is -7.27. The fourth-order valence-corrected chi connectivity index (χ4v) is 6.27.